The Balaban J connectivity index is 2.40. The zero-order valence-electron chi connectivity index (χ0n) is 10.5. The molecule has 8 heteroatoms. The van der Waals surface area contributed by atoms with Gasteiger partial charge in [-0.25, -0.2) is 0 Å². The van der Waals surface area contributed by atoms with Crippen molar-refractivity contribution >= 4 is 17.0 Å². The van der Waals surface area contributed by atoms with Crippen LogP contribution in [-0.4, -0.2) is 32.3 Å². The molecule has 1 unspecified atom stereocenters. The van der Waals surface area contributed by atoms with E-state index in [1.807, 2.05) is 0 Å². The van der Waals surface area contributed by atoms with Crippen LogP contribution in [0.2, 0.25) is 0 Å². The minimum Gasteiger partial charge on any atom is -0.768 e. The number of carbonyl (C=O) groups is 1. The molecular formula is C12H11F3NO3S-. The van der Waals surface area contributed by atoms with Crippen molar-refractivity contribution in [2.24, 2.45) is 0 Å². The number of hydrogen-bond acceptors (Lipinski definition) is 3. The quantitative estimate of drug-likeness (QED) is 0.742. The van der Waals surface area contributed by atoms with Crippen molar-refractivity contribution in [2.45, 2.75) is 31.0 Å². The number of benzene rings is 1. The maximum Gasteiger partial charge on any atom is 0.471 e. The first-order valence-electron chi connectivity index (χ1n) is 5.78. The fourth-order valence-electron chi connectivity index (χ4n) is 2.34. The standard InChI is InChI=1S/C12H12F3NO3S/c1-7-2-3-10(20(18)19)9-6-16(5-4-8(7)9)11(17)12(13,14)15/h2-3H,4-6H2,1H3,(H,18,19)/p-1. The number of aryl methyl sites for hydroxylation is 1. The van der Waals surface area contributed by atoms with E-state index in [1.165, 1.54) is 6.07 Å². The van der Waals surface area contributed by atoms with E-state index in [9.17, 15) is 26.7 Å². The Morgan fingerprint density at radius 3 is 2.55 bits per heavy atom. The highest BCUT2D eigenvalue weighted by molar-refractivity contribution is 7.79. The van der Waals surface area contributed by atoms with Crippen LogP contribution in [0.15, 0.2) is 17.0 Å². The van der Waals surface area contributed by atoms with E-state index in [0.29, 0.717) is 10.5 Å². The normalized spacial score (nSPS) is 16.8. The van der Waals surface area contributed by atoms with Crippen LogP contribution in [0.4, 0.5) is 13.2 Å². The van der Waals surface area contributed by atoms with E-state index in [0.717, 1.165) is 5.56 Å². The van der Waals surface area contributed by atoms with Crippen LogP contribution in [0.1, 0.15) is 16.7 Å². The second-order valence-corrected chi connectivity index (χ2v) is 5.46. The maximum atomic E-state index is 12.4. The lowest BCUT2D eigenvalue weighted by Crippen LogP contribution is -2.44. The molecule has 1 atom stereocenters. The summed E-state index contributed by atoms with van der Waals surface area (Å²) in [6, 6.07) is 2.96. The number of carbonyl (C=O) groups excluding carboxylic acids is 1. The molecule has 0 aliphatic carbocycles. The second-order valence-electron chi connectivity index (χ2n) is 4.55. The fourth-order valence-corrected chi connectivity index (χ4v) is 2.90. The molecule has 0 saturated carbocycles. The molecule has 2 rings (SSSR count). The number of alkyl halides is 3. The first-order chi connectivity index (χ1) is 9.21. The van der Waals surface area contributed by atoms with Gasteiger partial charge >= 0.3 is 12.1 Å². The summed E-state index contributed by atoms with van der Waals surface area (Å²) in [6.07, 6.45) is -4.73. The topological polar surface area (TPSA) is 60.4 Å². The van der Waals surface area contributed by atoms with Gasteiger partial charge in [-0.1, -0.05) is 6.07 Å². The number of nitrogens with zero attached hydrogens (tertiary/aromatic N) is 1. The molecule has 0 N–H and O–H groups in total. The summed E-state index contributed by atoms with van der Waals surface area (Å²) in [5, 5.41) is 0. The number of hydrogen-bond donors (Lipinski definition) is 0. The molecule has 1 aromatic carbocycles. The van der Waals surface area contributed by atoms with Crippen molar-refractivity contribution in [3.8, 4) is 0 Å². The smallest absolute Gasteiger partial charge is 0.471 e. The van der Waals surface area contributed by atoms with Gasteiger partial charge in [0.2, 0.25) is 0 Å². The molecule has 1 heterocycles. The van der Waals surface area contributed by atoms with Gasteiger partial charge < -0.3 is 9.45 Å². The molecule has 0 aromatic heterocycles. The molecule has 4 nitrogen and oxygen atoms in total. The second kappa shape index (κ2) is 5.17. The van der Waals surface area contributed by atoms with Gasteiger partial charge in [0.05, 0.1) is 0 Å². The van der Waals surface area contributed by atoms with Crippen LogP contribution < -0.4 is 0 Å². The predicted octanol–water partition coefficient (Wildman–Crippen LogP) is 1.68. The maximum absolute atomic E-state index is 12.4. The van der Waals surface area contributed by atoms with Crippen molar-refractivity contribution in [1.82, 2.24) is 4.90 Å². The zero-order valence-corrected chi connectivity index (χ0v) is 11.3. The molecule has 0 fully saturated rings. The van der Waals surface area contributed by atoms with Crippen LogP contribution in [0.5, 0.6) is 0 Å². The van der Waals surface area contributed by atoms with Crippen molar-refractivity contribution in [2.75, 3.05) is 6.54 Å². The Morgan fingerprint density at radius 1 is 1.35 bits per heavy atom. The molecule has 0 saturated heterocycles. The van der Waals surface area contributed by atoms with Crippen molar-refractivity contribution in [3.63, 3.8) is 0 Å². The molecule has 0 spiro atoms. The molecule has 1 amide bonds. The van der Waals surface area contributed by atoms with Crippen LogP contribution in [-0.2, 0) is 28.8 Å². The highest BCUT2D eigenvalue weighted by atomic mass is 32.2. The highest BCUT2D eigenvalue weighted by Gasteiger charge is 2.43. The third-order valence-electron chi connectivity index (χ3n) is 3.31. The van der Waals surface area contributed by atoms with E-state index < -0.39 is 23.2 Å². The van der Waals surface area contributed by atoms with Gasteiger partial charge in [0.1, 0.15) is 0 Å². The molecule has 1 aliphatic rings. The number of amides is 1. The van der Waals surface area contributed by atoms with Crippen LogP contribution in [0.25, 0.3) is 0 Å². The Kier molecular flexibility index (Phi) is 3.88. The number of fused-ring (bicyclic) bond motifs is 1. The molecular weight excluding hydrogens is 295 g/mol. The van der Waals surface area contributed by atoms with Crippen molar-refractivity contribution in [3.05, 3.63) is 28.8 Å². The summed E-state index contributed by atoms with van der Waals surface area (Å²) < 4.78 is 59.6. The third-order valence-corrected chi connectivity index (χ3v) is 4.05. The summed E-state index contributed by atoms with van der Waals surface area (Å²) in [5.74, 6) is -1.94. The van der Waals surface area contributed by atoms with Gasteiger partial charge in [-0.15, -0.1) is 0 Å². The lowest BCUT2D eigenvalue weighted by atomic mass is 9.95. The number of halogens is 3. The monoisotopic (exact) mass is 306 g/mol. The van der Waals surface area contributed by atoms with Gasteiger partial charge in [-0.05, 0) is 47.2 Å². The summed E-state index contributed by atoms with van der Waals surface area (Å²) in [4.78, 5) is 11.8. The van der Waals surface area contributed by atoms with Gasteiger partial charge in [0.15, 0.2) is 0 Å². The average molecular weight is 306 g/mol. The summed E-state index contributed by atoms with van der Waals surface area (Å²) >= 11 is -2.55. The Bertz CT molecular complexity index is 586. The average Bonchev–Trinajstić information content (AvgIpc) is 2.36. The first kappa shape index (κ1) is 15.0. The molecule has 0 bridgehead atoms. The third kappa shape index (κ3) is 2.71. The van der Waals surface area contributed by atoms with Crippen molar-refractivity contribution < 1.29 is 26.7 Å². The fraction of sp³-hybridized carbons (Fsp3) is 0.417. The summed E-state index contributed by atoms with van der Waals surface area (Å²) in [5.41, 5.74) is 1.80. The van der Waals surface area contributed by atoms with E-state index in [2.05, 4.69) is 0 Å². The molecule has 1 aromatic rings. The Labute approximate surface area is 115 Å². The highest BCUT2D eigenvalue weighted by Crippen LogP contribution is 2.29. The van der Waals surface area contributed by atoms with E-state index in [1.54, 1.807) is 13.0 Å². The van der Waals surface area contributed by atoms with Crippen LogP contribution >= 0.6 is 0 Å². The largest absolute Gasteiger partial charge is 0.768 e. The number of rotatable bonds is 1. The molecule has 20 heavy (non-hydrogen) atoms. The lowest BCUT2D eigenvalue weighted by Gasteiger charge is -2.32. The SMILES string of the molecule is Cc1ccc(S(=O)[O-])c2c1CCN(C(=O)C(F)(F)F)C2. The van der Waals surface area contributed by atoms with Gasteiger partial charge in [0.25, 0.3) is 0 Å². The van der Waals surface area contributed by atoms with Crippen LogP contribution in [0, 0.1) is 6.92 Å². The van der Waals surface area contributed by atoms with Gasteiger partial charge in [-0.2, -0.15) is 13.2 Å². The van der Waals surface area contributed by atoms with Gasteiger partial charge in [0, 0.05) is 18.0 Å². The first-order valence-corrected chi connectivity index (χ1v) is 6.86. The van der Waals surface area contributed by atoms with E-state index >= 15 is 0 Å². The van der Waals surface area contributed by atoms with E-state index in [-0.39, 0.29) is 30.0 Å². The van der Waals surface area contributed by atoms with Crippen LogP contribution in [0.3, 0.4) is 0 Å². The Hall–Kier alpha value is -1.41. The summed E-state index contributed by atoms with van der Waals surface area (Å²) in [6.45, 7) is 1.36. The van der Waals surface area contributed by atoms with Gasteiger partial charge in [-0.3, -0.25) is 9.00 Å². The molecule has 0 radical (unpaired) electrons. The minimum atomic E-state index is -4.95. The lowest BCUT2D eigenvalue weighted by molar-refractivity contribution is -0.186. The Morgan fingerprint density at radius 2 is 2.00 bits per heavy atom. The molecule has 110 valence electrons. The summed E-state index contributed by atoms with van der Waals surface area (Å²) in [7, 11) is 0. The molecule has 1 aliphatic heterocycles. The van der Waals surface area contributed by atoms with E-state index in [4.69, 9.17) is 0 Å². The van der Waals surface area contributed by atoms with Crippen molar-refractivity contribution in [1.29, 1.82) is 0 Å². The predicted molar refractivity (Wildman–Crippen MR) is 63.5 cm³/mol. The minimum absolute atomic E-state index is 0.0507. The zero-order chi connectivity index (χ0) is 15.1.